The molecule has 4 heterocycles. The predicted molar refractivity (Wildman–Crippen MR) is 98.8 cm³/mol. The SMILES string of the molecule is Cc1nnc2n1C[C@H](C(=O)N1Cc3ccccc3[C@@H](n3cccn3)C1)CC2. The first-order valence-corrected chi connectivity index (χ1v) is 9.45. The fourth-order valence-electron chi connectivity index (χ4n) is 4.36. The van der Waals surface area contributed by atoms with Gasteiger partial charge in [0, 0.05) is 38.4 Å². The standard InChI is InChI=1S/C20H22N6O/c1-14-22-23-19-8-7-16(12-25(14)19)20(27)24-11-15-5-2-3-6-17(15)18(13-24)26-10-4-9-21-26/h2-6,9-10,16,18H,7-8,11-13H2,1H3/t16-,18+/m1/s1. The molecule has 7 nitrogen and oxygen atoms in total. The van der Waals surface area contributed by atoms with Crippen LogP contribution in [0.15, 0.2) is 42.7 Å². The maximum Gasteiger partial charge on any atom is 0.227 e. The van der Waals surface area contributed by atoms with Gasteiger partial charge in [0.2, 0.25) is 5.91 Å². The molecule has 0 N–H and O–H groups in total. The first-order valence-electron chi connectivity index (χ1n) is 9.45. The molecule has 0 aliphatic carbocycles. The van der Waals surface area contributed by atoms with Crippen molar-refractivity contribution in [3.63, 3.8) is 0 Å². The van der Waals surface area contributed by atoms with Gasteiger partial charge in [-0.1, -0.05) is 24.3 Å². The molecule has 2 atom stereocenters. The molecular weight excluding hydrogens is 340 g/mol. The summed E-state index contributed by atoms with van der Waals surface area (Å²) in [5.74, 6) is 2.09. The van der Waals surface area contributed by atoms with Gasteiger partial charge in [-0.3, -0.25) is 9.48 Å². The number of nitrogens with zero attached hydrogens (tertiary/aromatic N) is 6. The molecular formula is C20H22N6O. The summed E-state index contributed by atoms with van der Waals surface area (Å²) < 4.78 is 4.05. The predicted octanol–water partition coefficient (Wildman–Crippen LogP) is 1.98. The Labute approximate surface area is 157 Å². The van der Waals surface area contributed by atoms with Crippen molar-refractivity contribution in [1.82, 2.24) is 29.4 Å². The van der Waals surface area contributed by atoms with Gasteiger partial charge in [0.15, 0.2) is 0 Å². The molecule has 0 bridgehead atoms. The lowest BCUT2D eigenvalue weighted by Crippen LogP contribution is -2.45. The van der Waals surface area contributed by atoms with E-state index in [1.54, 1.807) is 6.20 Å². The highest BCUT2D eigenvalue weighted by atomic mass is 16.2. The van der Waals surface area contributed by atoms with Crippen LogP contribution in [0.3, 0.4) is 0 Å². The molecule has 0 saturated carbocycles. The Morgan fingerprint density at radius 2 is 2.04 bits per heavy atom. The van der Waals surface area contributed by atoms with Crippen molar-refractivity contribution >= 4 is 5.91 Å². The minimum absolute atomic E-state index is 0.0178. The molecule has 0 saturated heterocycles. The topological polar surface area (TPSA) is 68.8 Å². The van der Waals surface area contributed by atoms with E-state index in [2.05, 4.69) is 38.1 Å². The number of carbonyl (C=O) groups is 1. The van der Waals surface area contributed by atoms with Crippen molar-refractivity contribution < 1.29 is 4.79 Å². The van der Waals surface area contributed by atoms with Gasteiger partial charge < -0.3 is 9.47 Å². The number of benzene rings is 1. The first kappa shape index (κ1) is 16.2. The van der Waals surface area contributed by atoms with E-state index in [-0.39, 0.29) is 17.9 Å². The molecule has 0 spiro atoms. The van der Waals surface area contributed by atoms with Crippen LogP contribution in [0.25, 0.3) is 0 Å². The lowest BCUT2D eigenvalue weighted by molar-refractivity contribution is -0.138. The maximum absolute atomic E-state index is 13.4. The number of hydrogen-bond donors (Lipinski definition) is 0. The molecule has 1 amide bonds. The van der Waals surface area contributed by atoms with Crippen LogP contribution in [0.4, 0.5) is 0 Å². The maximum atomic E-state index is 13.4. The highest BCUT2D eigenvalue weighted by Crippen LogP contribution is 2.31. The number of aromatic nitrogens is 5. The molecule has 5 rings (SSSR count). The third-order valence-corrected chi connectivity index (χ3v) is 5.81. The summed E-state index contributed by atoms with van der Waals surface area (Å²) in [4.78, 5) is 15.4. The number of hydrogen-bond acceptors (Lipinski definition) is 4. The highest BCUT2D eigenvalue weighted by Gasteiger charge is 2.34. The Balaban J connectivity index is 1.43. The molecule has 138 valence electrons. The lowest BCUT2D eigenvalue weighted by Gasteiger charge is -2.37. The lowest BCUT2D eigenvalue weighted by atomic mass is 9.92. The zero-order valence-corrected chi connectivity index (χ0v) is 15.3. The monoisotopic (exact) mass is 362 g/mol. The van der Waals surface area contributed by atoms with Crippen LogP contribution >= 0.6 is 0 Å². The van der Waals surface area contributed by atoms with Gasteiger partial charge in [-0.05, 0) is 30.5 Å². The van der Waals surface area contributed by atoms with Gasteiger partial charge >= 0.3 is 0 Å². The summed E-state index contributed by atoms with van der Waals surface area (Å²) in [6.45, 7) is 3.95. The van der Waals surface area contributed by atoms with Gasteiger partial charge in [-0.25, -0.2) is 0 Å². The molecule has 3 aromatic rings. The van der Waals surface area contributed by atoms with Gasteiger partial charge in [-0.2, -0.15) is 5.10 Å². The second kappa shape index (κ2) is 6.33. The summed E-state index contributed by atoms with van der Waals surface area (Å²) in [7, 11) is 0. The molecule has 27 heavy (non-hydrogen) atoms. The van der Waals surface area contributed by atoms with E-state index in [0.29, 0.717) is 19.6 Å². The van der Waals surface area contributed by atoms with E-state index in [0.717, 1.165) is 24.5 Å². The zero-order valence-electron chi connectivity index (χ0n) is 15.3. The number of rotatable bonds is 2. The molecule has 2 aromatic heterocycles. The number of amides is 1. The van der Waals surface area contributed by atoms with Crippen molar-refractivity contribution in [1.29, 1.82) is 0 Å². The van der Waals surface area contributed by atoms with Crippen molar-refractivity contribution in [3.05, 3.63) is 65.5 Å². The zero-order chi connectivity index (χ0) is 18.4. The van der Waals surface area contributed by atoms with E-state index in [9.17, 15) is 4.79 Å². The average Bonchev–Trinajstić information content (AvgIpc) is 3.37. The smallest absolute Gasteiger partial charge is 0.227 e. The molecule has 1 aromatic carbocycles. The van der Waals surface area contributed by atoms with Gasteiger partial charge in [0.1, 0.15) is 11.6 Å². The molecule has 2 aliphatic heterocycles. The minimum Gasteiger partial charge on any atom is -0.336 e. The second-order valence-electron chi connectivity index (χ2n) is 7.43. The number of carbonyl (C=O) groups excluding carboxylic acids is 1. The Hall–Kier alpha value is -2.96. The number of aryl methyl sites for hydroxylation is 2. The first-order chi connectivity index (χ1) is 13.2. The molecule has 7 heteroatoms. The average molecular weight is 362 g/mol. The summed E-state index contributed by atoms with van der Waals surface area (Å²) in [6.07, 6.45) is 5.41. The van der Waals surface area contributed by atoms with Crippen LogP contribution in [0.1, 0.15) is 35.2 Å². The van der Waals surface area contributed by atoms with Crippen LogP contribution in [-0.4, -0.2) is 41.9 Å². The third kappa shape index (κ3) is 2.74. The van der Waals surface area contributed by atoms with Crippen LogP contribution in [0.2, 0.25) is 0 Å². The second-order valence-corrected chi connectivity index (χ2v) is 7.43. The Morgan fingerprint density at radius 1 is 1.15 bits per heavy atom. The molecule has 2 aliphatic rings. The van der Waals surface area contributed by atoms with E-state index in [1.807, 2.05) is 34.8 Å². The van der Waals surface area contributed by atoms with Gasteiger partial charge in [0.25, 0.3) is 0 Å². The van der Waals surface area contributed by atoms with Gasteiger partial charge in [-0.15, -0.1) is 10.2 Å². The quantitative estimate of drug-likeness (QED) is 0.699. The summed E-state index contributed by atoms with van der Waals surface area (Å²) >= 11 is 0. The summed E-state index contributed by atoms with van der Waals surface area (Å²) in [5.41, 5.74) is 2.46. The van der Waals surface area contributed by atoms with E-state index < -0.39 is 0 Å². The van der Waals surface area contributed by atoms with E-state index >= 15 is 0 Å². The summed E-state index contributed by atoms with van der Waals surface area (Å²) in [6, 6.07) is 10.4. The molecule has 0 radical (unpaired) electrons. The van der Waals surface area contributed by atoms with Crippen LogP contribution in [0.5, 0.6) is 0 Å². The molecule has 0 fully saturated rings. The minimum atomic E-state index is -0.0178. The van der Waals surface area contributed by atoms with Crippen molar-refractivity contribution in [2.75, 3.05) is 6.54 Å². The van der Waals surface area contributed by atoms with Crippen LogP contribution in [0, 0.1) is 12.8 Å². The Bertz CT molecular complexity index is 976. The fourth-order valence-corrected chi connectivity index (χ4v) is 4.36. The summed E-state index contributed by atoms with van der Waals surface area (Å²) in [5, 5.41) is 12.8. The van der Waals surface area contributed by atoms with E-state index in [4.69, 9.17) is 0 Å². The van der Waals surface area contributed by atoms with E-state index in [1.165, 1.54) is 11.1 Å². The Morgan fingerprint density at radius 3 is 2.89 bits per heavy atom. The van der Waals surface area contributed by atoms with Crippen molar-refractivity contribution in [2.45, 2.75) is 38.9 Å². The molecule has 0 unspecified atom stereocenters. The van der Waals surface area contributed by atoms with Gasteiger partial charge in [0.05, 0.1) is 12.0 Å². The Kier molecular flexibility index (Phi) is 3.81. The van der Waals surface area contributed by atoms with Crippen molar-refractivity contribution in [3.8, 4) is 0 Å². The van der Waals surface area contributed by atoms with Crippen LogP contribution in [-0.2, 0) is 24.3 Å². The van der Waals surface area contributed by atoms with Crippen molar-refractivity contribution in [2.24, 2.45) is 5.92 Å². The third-order valence-electron chi connectivity index (χ3n) is 5.81. The fraction of sp³-hybridized carbons (Fsp3) is 0.400. The highest BCUT2D eigenvalue weighted by molar-refractivity contribution is 5.79. The van der Waals surface area contributed by atoms with Crippen LogP contribution < -0.4 is 0 Å². The normalized spacial score (nSPS) is 21.6. The number of fused-ring (bicyclic) bond motifs is 2. The largest absolute Gasteiger partial charge is 0.336 e.